The molecule has 0 N–H and O–H groups in total. The van der Waals surface area contributed by atoms with E-state index in [2.05, 4.69) is 51.4 Å². The molecule has 5 rings (SSSR count). The van der Waals surface area contributed by atoms with E-state index in [0.717, 1.165) is 39.3 Å². The standard InChI is InChI=1S/C32H33NO2Si2/c1-36(2,3)30-27(32(33-22-15-9-7-10-16-22)35-23-17-11-8-12-18-23)21-26-24-19-13-14-20-25(24)29(34)28(26)31(30)37(4,5)6/h7-21H,1-6H3. The van der Waals surface area contributed by atoms with Crippen LogP contribution in [0.4, 0.5) is 5.69 Å². The molecule has 1 aliphatic carbocycles. The van der Waals surface area contributed by atoms with Gasteiger partial charge in [0.05, 0.1) is 21.8 Å². The lowest BCUT2D eigenvalue weighted by Crippen LogP contribution is -2.60. The van der Waals surface area contributed by atoms with Crippen molar-refractivity contribution in [1.82, 2.24) is 0 Å². The van der Waals surface area contributed by atoms with Crippen LogP contribution in [0.15, 0.2) is 96.0 Å². The molecular formula is C32H33NO2Si2. The summed E-state index contributed by atoms with van der Waals surface area (Å²) in [5, 5.41) is 2.55. The maximum atomic E-state index is 13.9. The van der Waals surface area contributed by atoms with Gasteiger partial charge >= 0.3 is 0 Å². The van der Waals surface area contributed by atoms with Crippen molar-refractivity contribution in [2.75, 3.05) is 0 Å². The van der Waals surface area contributed by atoms with Crippen LogP contribution in [-0.4, -0.2) is 27.8 Å². The summed E-state index contributed by atoms with van der Waals surface area (Å²) < 4.78 is 6.59. The highest BCUT2D eigenvalue weighted by atomic mass is 28.3. The zero-order chi connectivity index (χ0) is 26.4. The van der Waals surface area contributed by atoms with Crippen LogP contribution >= 0.6 is 0 Å². The van der Waals surface area contributed by atoms with Gasteiger partial charge in [-0.1, -0.05) is 99.9 Å². The number of ketones is 1. The molecule has 0 heterocycles. The number of fused-ring (bicyclic) bond motifs is 3. The molecule has 0 unspecified atom stereocenters. The highest BCUT2D eigenvalue weighted by Gasteiger charge is 2.40. The molecule has 3 nitrogen and oxygen atoms in total. The molecular weight excluding hydrogens is 487 g/mol. The molecule has 0 aliphatic heterocycles. The molecule has 0 saturated heterocycles. The number of benzene rings is 4. The van der Waals surface area contributed by atoms with Crippen LogP contribution in [0.2, 0.25) is 39.3 Å². The molecule has 0 saturated carbocycles. The summed E-state index contributed by atoms with van der Waals surface area (Å²) in [4.78, 5) is 18.9. The maximum absolute atomic E-state index is 13.9. The van der Waals surface area contributed by atoms with E-state index in [4.69, 9.17) is 9.73 Å². The Balaban J connectivity index is 1.89. The van der Waals surface area contributed by atoms with Gasteiger partial charge in [-0.05, 0) is 51.8 Å². The third kappa shape index (κ3) is 4.77. The molecule has 37 heavy (non-hydrogen) atoms. The molecule has 4 aromatic rings. The van der Waals surface area contributed by atoms with Crippen molar-refractivity contribution in [2.45, 2.75) is 39.3 Å². The van der Waals surface area contributed by atoms with E-state index >= 15 is 0 Å². The summed E-state index contributed by atoms with van der Waals surface area (Å²) in [6, 6.07) is 30.0. The summed E-state index contributed by atoms with van der Waals surface area (Å²) in [6.45, 7) is 14.1. The summed E-state index contributed by atoms with van der Waals surface area (Å²) in [5.74, 6) is 1.47. The van der Waals surface area contributed by atoms with Gasteiger partial charge in [0.25, 0.3) is 0 Å². The van der Waals surface area contributed by atoms with Gasteiger partial charge in [-0.15, -0.1) is 0 Å². The van der Waals surface area contributed by atoms with Crippen molar-refractivity contribution < 1.29 is 9.53 Å². The van der Waals surface area contributed by atoms with E-state index in [1.165, 1.54) is 10.4 Å². The van der Waals surface area contributed by atoms with Crippen LogP contribution in [0, 0.1) is 0 Å². The van der Waals surface area contributed by atoms with E-state index in [0.29, 0.717) is 5.90 Å². The molecule has 5 heteroatoms. The number of hydrogen-bond donors (Lipinski definition) is 0. The Labute approximate surface area is 221 Å². The first-order valence-electron chi connectivity index (χ1n) is 12.8. The Morgan fingerprint density at radius 3 is 1.78 bits per heavy atom. The second kappa shape index (κ2) is 9.40. The van der Waals surface area contributed by atoms with Gasteiger partial charge in [0, 0.05) is 16.7 Å². The zero-order valence-corrected chi connectivity index (χ0v) is 24.4. The second-order valence-corrected chi connectivity index (χ2v) is 21.6. The molecule has 4 aromatic carbocycles. The van der Waals surface area contributed by atoms with Crippen molar-refractivity contribution in [2.24, 2.45) is 4.99 Å². The smallest absolute Gasteiger partial charge is 0.226 e. The molecule has 1 aliphatic rings. The third-order valence-electron chi connectivity index (χ3n) is 6.69. The van der Waals surface area contributed by atoms with Crippen LogP contribution in [0.5, 0.6) is 5.75 Å². The first kappa shape index (κ1) is 25.1. The molecule has 0 spiro atoms. The molecule has 0 fully saturated rings. The van der Waals surface area contributed by atoms with Crippen LogP contribution in [0.3, 0.4) is 0 Å². The number of rotatable bonds is 5. The molecule has 0 bridgehead atoms. The fraction of sp³-hybridized carbons (Fsp3) is 0.188. The summed E-state index contributed by atoms with van der Waals surface area (Å²) in [5.41, 5.74) is 5.55. The minimum Gasteiger partial charge on any atom is -0.438 e. The minimum absolute atomic E-state index is 0.152. The highest BCUT2D eigenvalue weighted by Crippen LogP contribution is 2.37. The number of para-hydroxylation sites is 2. The van der Waals surface area contributed by atoms with Gasteiger partial charge in [-0.2, -0.15) is 0 Å². The van der Waals surface area contributed by atoms with Gasteiger partial charge in [-0.25, -0.2) is 4.99 Å². The fourth-order valence-electron chi connectivity index (χ4n) is 5.24. The minimum atomic E-state index is -1.98. The fourth-order valence-corrected chi connectivity index (χ4v) is 11.2. The quantitative estimate of drug-likeness (QED) is 0.141. The Morgan fingerprint density at radius 2 is 1.19 bits per heavy atom. The normalized spacial score (nSPS) is 13.4. The van der Waals surface area contributed by atoms with E-state index in [9.17, 15) is 4.79 Å². The summed E-state index contributed by atoms with van der Waals surface area (Å²) in [7, 11) is -3.97. The Bertz CT molecular complexity index is 1510. The SMILES string of the molecule is C[Si](C)(C)c1c(C(=Nc2ccccc2)Oc2ccccc2)cc2c(c1[Si](C)(C)C)C(=O)c1ccccc1-2. The highest BCUT2D eigenvalue weighted by molar-refractivity contribution is 6.99. The monoisotopic (exact) mass is 519 g/mol. The molecule has 0 aromatic heterocycles. The first-order chi connectivity index (χ1) is 17.6. The Kier molecular flexibility index (Phi) is 6.38. The zero-order valence-electron chi connectivity index (χ0n) is 22.4. The largest absolute Gasteiger partial charge is 0.438 e. The molecule has 0 atom stereocenters. The van der Waals surface area contributed by atoms with Crippen molar-refractivity contribution in [3.63, 3.8) is 0 Å². The number of nitrogens with zero attached hydrogens (tertiary/aromatic N) is 1. The predicted molar refractivity (Wildman–Crippen MR) is 161 cm³/mol. The lowest BCUT2D eigenvalue weighted by molar-refractivity contribution is 0.104. The lowest BCUT2D eigenvalue weighted by Gasteiger charge is -2.33. The Morgan fingerprint density at radius 1 is 0.649 bits per heavy atom. The number of carbonyl (C=O) groups is 1. The first-order valence-corrected chi connectivity index (χ1v) is 19.8. The number of carbonyl (C=O) groups excluding carboxylic acids is 1. The number of ether oxygens (including phenoxy) is 1. The van der Waals surface area contributed by atoms with Gasteiger partial charge in [0.2, 0.25) is 5.90 Å². The van der Waals surface area contributed by atoms with Crippen molar-refractivity contribution in [3.8, 4) is 16.9 Å². The van der Waals surface area contributed by atoms with E-state index in [1.54, 1.807) is 0 Å². The lowest BCUT2D eigenvalue weighted by atomic mass is 10.0. The van der Waals surface area contributed by atoms with E-state index < -0.39 is 16.1 Å². The summed E-state index contributed by atoms with van der Waals surface area (Å²) >= 11 is 0. The van der Waals surface area contributed by atoms with Gasteiger partial charge in [0.15, 0.2) is 5.78 Å². The Hall–Kier alpha value is -3.55. The second-order valence-electron chi connectivity index (χ2n) is 11.6. The molecule has 0 amide bonds. The van der Waals surface area contributed by atoms with Gasteiger partial charge < -0.3 is 4.74 Å². The topological polar surface area (TPSA) is 38.7 Å². The maximum Gasteiger partial charge on any atom is 0.226 e. The van der Waals surface area contributed by atoms with Gasteiger partial charge in [-0.3, -0.25) is 4.79 Å². The number of hydrogen-bond acceptors (Lipinski definition) is 3. The van der Waals surface area contributed by atoms with Crippen molar-refractivity contribution >= 4 is 43.9 Å². The number of aliphatic imine (C=N–C) groups is 1. The molecule has 186 valence electrons. The molecule has 0 radical (unpaired) electrons. The summed E-state index contributed by atoms with van der Waals surface area (Å²) in [6.07, 6.45) is 0. The van der Waals surface area contributed by atoms with E-state index in [-0.39, 0.29) is 5.78 Å². The average molecular weight is 520 g/mol. The van der Waals surface area contributed by atoms with Gasteiger partial charge in [0.1, 0.15) is 5.75 Å². The van der Waals surface area contributed by atoms with Crippen molar-refractivity contribution in [3.05, 3.63) is 108 Å². The van der Waals surface area contributed by atoms with Crippen LogP contribution in [0.1, 0.15) is 21.5 Å². The van der Waals surface area contributed by atoms with Crippen LogP contribution < -0.4 is 15.1 Å². The van der Waals surface area contributed by atoms with Crippen LogP contribution in [0.25, 0.3) is 11.1 Å². The predicted octanol–water partition coefficient (Wildman–Crippen LogP) is 7.15. The average Bonchev–Trinajstić information content (AvgIpc) is 3.14. The van der Waals surface area contributed by atoms with Crippen LogP contribution in [-0.2, 0) is 0 Å². The third-order valence-corrected chi connectivity index (χ3v) is 11.0. The van der Waals surface area contributed by atoms with Crippen molar-refractivity contribution in [1.29, 1.82) is 0 Å². The van der Waals surface area contributed by atoms with E-state index in [1.807, 2.05) is 78.9 Å².